The van der Waals surface area contributed by atoms with Gasteiger partial charge >= 0.3 is 170 Å². The molecule has 2 aliphatic carbocycles. The van der Waals surface area contributed by atoms with Crippen LogP contribution in [0.4, 0.5) is 0 Å². The van der Waals surface area contributed by atoms with Crippen LogP contribution in [0, 0.1) is 23.7 Å². The molecule has 0 nitrogen and oxygen atoms in total. The molecule has 3 aliphatic rings. The van der Waals surface area contributed by atoms with Crippen molar-refractivity contribution in [3.8, 4) is 0 Å². The van der Waals surface area contributed by atoms with E-state index in [4.69, 9.17) is 0 Å². The summed E-state index contributed by atoms with van der Waals surface area (Å²) in [6.07, 6.45) is 0. The number of hydrogen-bond donors (Lipinski definition) is 0. The van der Waals surface area contributed by atoms with Crippen LogP contribution in [-0.4, -0.2) is 13.3 Å². The van der Waals surface area contributed by atoms with Crippen molar-refractivity contribution in [3.63, 3.8) is 0 Å². The van der Waals surface area contributed by atoms with Gasteiger partial charge in [0.15, 0.2) is 0 Å². The third-order valence-corrected chi connectivity index (χ3v) is 23.2. The Balaban J connectivity index is 1.89. The van der Waals surface area contributed by atoms with Crippen LogP contribution in [0.1, 0.15) is 66.5 Å². The van der Waals surface area contributed by atoms with Gasteiger partial charge in [0, 0.05) is 0 Å². The fraction of sp³-hybridized carbons (Fsp3) is 0.615. The fourth-order valence-corrected chi connectivity index (χ4v) is 25.1. The monoisotopic (exact) mass is 424 g/mol. The third kappa shape index (κ3) is 2.61. The van der Waals surface area contributed by atoms with Gasteiger partial charge in [-0.1, -0.05) is 0 Å². The van der Waals surface area contributed by atoms with E-state index in [-0.39, 0.29) is 0 Å². The van der Waals surface area contributed by atoms with E-state index in [2.05, 4.69) is 79.7 Å². The Hall–Kier alpha value is -0.757. The standard InChI is InChI=1S/C26H38Ge/c1-15-16(2)20(6)25(19(15)5)27(13-23-11-9-10-12-24(23)14-27)26-21(7)17(3)18(4)22(26)8/h9-12,15,17,19,21,25-26H,13-14H2,1-8H3/t15-,17+,19?,21?,25-,26+. The molecule has 0 aromatic heterocycles. The second-order valence-electron chi connectivity index (χ2n) is 10.3. The summed E-state index contributed by atoms with van der Waals surface area (Å²) in [5.74, 6) is 3.19. The van der Waals surface area contributed by atoms with Crippen molar-refractivity contribution in [3.05, 3.63) is 57.7 Å². The molecular formula is C26H38Ge. The van der Waals surface area contributed by atoms with Crippen LogP contribution >= 0.6 is 0 Å². The van der Waals surface area contributed by atoms with Gasteiger partial charge in [-0.15, -0.1) is 0 Å². The topological polar surface area (TPSA) is 0 Å². The molecule has 1 aliphatic heterocycles. The summed E-state index contributed by atoms with van der Waals surface area (Å²) in [4.78, 5) is 0. The SMILES string of the molecule is CC1=C(C)[C@H]([Ge]2([C@@H]3C(C)=C(C)[C@H](C)C3C)[CH2]c3ccccc3[CH2]2)C(C)[C@@H]1C. The zero-order valence-corrected chi connectivity index (χ0v) is 20.8. The maximum atomic E-state index is 2.58. The molecule has 1 aromatic rings. The van der Waals surface area contributed by atoms with E-state index in [1.54, 1.807) is 33.4 Å². The maximum absolute atomic E-state index is 2.58. The number of allylic oxidation sites excluding steroid dienone is 4. The Labute approximate surface area is 169 Å². The molecule has 0 spiro atoms. The predicted molar refractivity (Wildman–Crippen MR) is 121 cm³/mol. The molecular weight excluding hydrogens is 385 g/mol. The van der Waals surface area contributed by atoms with E-state index < -0.39 is 13.3 Å². The third-order valence-electron chi connectivity index (χ3n) is 9.57. The second-order valence-corrected chi connectivity index (χ2v) is 19.6. The number of benzene rings is 1. The summed E-state index contributed by atoms with van der Waals surface area (Å²) in [5.41, 5.74) is 10.4. The predicted octanol–water partition coefficient (Wildman–Crippen LogP) is 7.30. The number of hydrogen-bond acceptors (Lipinski definition) is 0. The zero-order chi connectivity index (χ0) is 19.7. The van der Waals surface area contributed by atoms with Crippen molar-refractivity contribution < 1.29 is 0 Å². The Morgan fingerprint density at radius 1 is 0.630 bits per heavy atom. The molecule has 27 heavy (non-hydrogen) atoms. The molecule has 0 bridgehead atoms. The van der Waals surface area contributed by atoms with Crippen LogP contribution in [-0.2, 0) is 10.5 Å². The Morgan fingerprint density at radius 3 is 1.30 bits per heavy atom. The van der Waals surface area contributed by atoms with Gasteiger partial charge in [-0.05, 0) is 0 Å². The average Bonchev–Trinajstić information content (AvgIpc) is 3.18. The molecule has 6 atom stereocenters. The van der Waals surface area contributed by atoms with Gasteiger partial charge in [0.05, 0.1) is 0 Å². The van der Waals surface area contributed by atoms with Crippen molar-refractivity contribution in [2.24, 2.45) is 23.7 Å². The van der Waals surface area contributed by atoms with Gasteiger partial charge in [0.1, 0.15) is 0 Å². The van der Waals surface area contributed by atoms with E-state index in [0.717, 1.165) is 33.2 Å². The van der Waals surface area contributed by atoms with Gasteiger partial charge < -0.3 is 0 Å². The zero-order valence-electron chi connectivity index (χ0n) is 18.7. The molecule has 4 rings (SSSR count). The Morgan fingerprint density at radius 2 is 1.00 bits per heavy atom. The van der Waals surface area contributed by atoms with Crippen LogP contribution in [0.15, 0.2) is 46.6 Å². The first-order valence-corrected chi connectivity index (χ1v) is 16.5. The van der Waals surface area contributed by atoms with Crippen LogP contribution in [0.3, 0.4) is 0 Å². The van der Waals surface area contributed by atoms with Crippen LogP contribution in [0.2, 0.25) is 9.50 Å². The summed E-state index contributed by atoms with van der Waals surface area (Å²) in [7, 11) is 0. The molecule has 0 saturated carbocycles. The van der Waals surface area contributed by atoms with E-state index >= 15 is 0 Å². The van der Waals surface area contributed by atoms with Crippen LogP contribution < -0.4 is 0 Å². The second kappa shape index (κ2) is 6.65. The van der Waals surface area contributed by atoms with E-state index in [9.17, 15) is 0 Å². The first-order valence-electron chi connectivity index (χ1n) is 11.1. The summed E-state index contributed by atoms with van der Waals surface area (Å²) in [5, 5.41) is 2.91. The number of fused-ring (bicyclic) bond motifs is 1. The summed E-state index contributed by atoms with van der Waals surface area (Å²) >= 11 is -2.29. The summed E-state index contributed by atoms with van der Waals surface area (Å²) in [6, 6.07) is 9.46. The molecule has 1 heteroatoms. The van der Waals surface area contributed by atoms with E-state index in [1.165, 1.54) is 10.5 Å². The van der Waals surface area contributed by atoms with Gasteiger partial charge in [0.2, 0.25) is 0 Å². The molecule has 1 aromatic carbocycles. The summed E-state index contributed by atoms with van der Waals surface area (Å²) in [6.45, 7) is 20.0. The quantitative estimate of drug-likeness (QED) is 0.346. The van der Waals surface area contributed by atoms with Crippen molar-refractivity contribution in [1.82, 2.24) is 0 Å². The van der Waals surface area contributed by atoms with Crippen molar-refractivity contribution in [1.29, 1.82) is 0 Å². The van der Waals surface area contributed by atoms with E-state index in [0.29, 0.717) is 0 Å². The van der Waals surface area contributed by atoms with Gasteiger partial charge in [-0.3, -0.25) is 0 Å². The molecule has 2 unspecified atom stereocenters. The number of rotatable bonds is 2. The first kappa shape index (κ1) is 19.6. The minimum absolute atomic E-state index is 0.765. The van der Waals surface area contributed by atoms with Gasteiger partial charge in [-0.2, -0.15) is 0 Å². The van der Waals surface area contributed by atoms with Crippen LogP contribution in [0.5, 0.6) is 0 Å². The van der Waals surface area contributed by atoms with Crippen molar-refractivity contribution in [2.75, 3.05) is 0 Å². The molecule has 0 amide bonds. The molecule has 0 fully saturated rings. The first-order chi connectivity index (χ1) is 12.7. The average molecular weight is 423 g/mol. The van der Waals surface area contributed by atoms with Crippen molar-refractivity contribution in [2.45, 2.75) is 75.4 Å². The normalized spacial score (nSPS) is 38.1. The molecule has 146 valence electrons. The minimum atomic E-state index is -2.29. The Kier molecular flexibility index (Phi) is 4.81. The van der Waals surface area contributed by atoms with Crippen molar-refractivity contribution >= 4 is 13.3 Å². The van der Waals surface area contributed by atoms with Crippen LogP contribution in [0.25, 0.3) is 0 Å². The Bertz CT molecular complexity index is 757. The summed E-state index contributed by atoms with van der Waals surface area (Å²) < 4.78 is 1.79. The fourth-order valence-electron chi connectivity index (χ4n) is 7.58. The molecule has 0 radical (unpaired) electrons. The van der Waals surface area contributed by atoms with E-state index in [1.807, 2.05) is 0 Å². The molecule has 0 N–H and O–H groups in total. The molecule has 0 saturated heterocycles. The van der Waals surface area contributed by atoms with Gasteiger partial charge in [-0.25, -0.2) is 0 Å². The van der Waals surface area contributed by atoms with Gasteiger partial charge in [0.25, 0.3) is 0 Å². The molecule has 1 heterocycles.